The SMILES string of the molecule is CC(C)(C)OC(=O)NC(C(=O)OC(C)(C)C)C(O)C1CCCCC1. The van der Waals surface area contributed by atoms with Gasteiger partial charge in [0.05, 0.1) is 6.10 Å². The van der Waals surface area contributed by atoms with Crippen LogP contribution in [-0.2, 0) is 14.3 Å². The molecule has 1 rings (SSSR count). The van der Waals surface area contributed by atoms with Gasteiger partial charge in [-0.1, -0.05) is 19.3 Å². The van der Waals surface area contributed by atoms with Crippen molar-refractivity contribution in [1.29, 1.82) is 0 Å². The minimum Gasteiger partial charge on any atom is -0.458 e. The maximum absolute atomic E-state index is 12.5. The molecule has 2 N–H and O–H groups in total. The highest BCUT2D eigenvalue weighted by Crippen LogP contribution is 2.28. The molecule has 0 aromatic rings. The van der Waals surface area contributed by atoms with E-state index < -0.39 is 35.4 Å². The number of alkyl carbamates (subject to hydrolysis) is 1. The summed E-state index contributed by atoms with van der Waals surface area (Å²) in [5, 5.41) is 13.2. The smallest absolute Gasteiger partial charge is 0.408 e. The van der Waals surface area contributed by atoms with E-state index in [1.165, 1.54) is 0 Å². The molecule has 0 radical (unpaired) electrons. The molecule has 24 heavy (non-hydrogen) atoms. The van der Waals surface area contributed by atoms with Gasteiger partial charge in [-0.2, -0.15) is 0 Å². The van der Waals surface area contributed by atoms with Gasteiger partial charge in [0.15, 0.2) is 6.04 Å². The van der Waals surface area contributed by atoms with Crippen molar-refractivity contribution in [1.82, 2.24) is 5.32 Å². The second-order valence-electron chi connectivity index (χ2n) is 8.55. The molecule has 140 valence electrons. The van der Waals surface area contributed by atoms with Crippen LogP contribution in [0.2, 0.25) is 0 Å². The lowest BCUT2D eigenvalue weighted by molar-refractivity contribution is -0.162. The standard InChI is InChI=1S/C18H33NO5/c1-17(2,3)23-15(21)13(19-16(22)24-18(4,5)6)14(20)12-10-8-7-9-11-12/h12-14,20H,7-11H2,1-6H3,(H,19,22). The summed E-state index contributed by atoms with van der Waals surface area (Å²) >= 11 is 0. The second kappa shape index (κ2) is 8.19. The third kappa shape index (κ3) is 7.51. The van der Waals surface area contributed by atoms with Crippen molar-refractivity contribution in [3.05, 3.63) is 0 Å². The maximum Gasteiger partial charge on any atom is 0.408 e. The van der Waals surface area contributed by atoms with Gasteiger partial charge in [-0.25, -0.2) is 9.59 Å². The van der Waals surface area contributed by atoms with Crippen molar-refractivity contribution in [3.8, 4) is 0 Å². The lowest BCUT2D eigenvalue weighted by Gasteiger charge is -2.33. The Morgan fingerprint density at radius 2 is 1.46 bits per heavy atom. The first kappa shape index (κ1) is 20.7. The van der Waals surface area contributed by atoms with Crippen molar-refractivity contribution in [2.24, 2.45) is 5.92 Å². The number of rotatable bonds is 4. The van der Waals surface area contributed by atoms with Crippen LogP contribution in [0.1, 0.15) is 73.6 Å². The number of ether oxygens (including phenoxy) is 2. The molecule has 0 heterocycles. The molecule has 1 saturated carbocycles. The van der Waals surface area contributed by atoms with Gasteiger partial charge < -0.3 is 19.9 Å². The molecule has 0 aliphatic heterocycles. The van der Waals surface area contributed by atoms with Gasteiger partial charge in [0.1, 0.15) is 11.2 Å². The molecule has 1 aliphatic rings. The Balaban J connectivity index is 2.85. The van der Waals surface area contributed by atoms with Crippen LogP contribution < -0.4 is 5.32 Å². The zero-order valence-corrected chi connectivity index (χ0v) is 15.8. The van der Waals surface area contributed by atoms with Crippen LogP contribution in [0.5, 0.6) is 0 Å². The molecule has 6 nitrogen and oxygen atoms in total. The molecular formula is C18H33NO5. The first-order valence-electron chi connectivity index (χ1n) is 8.79. The largest absolute Gasteiger partial charge is 0.458 e. The average Bonchev–Trinajstić information content (AvgIpc) is 2.41. The lowest BCUT2D eigenvalue weighted by Crippen LogP contribution is -2.54. The van der Waals surface area contributed by atoms with Crippen molar-refractivity contribution in [2.75, 3.05) is 0 Å². The number of esters is 1. The second-order valence-corrected chi connectivity index (χ2v) is 8.55. The fourth-order valence-electron chi connectivity index (χ4n) is 2.83. The van der Waals surface area contributed by atoms with E-state index in [1.807, 2.05) is 0 Å². The van der Waals surface area contributed by atoms with Crippen LogP contribution in [0.25, 0.3) is 0 Å². The lowest BCUT2D eigenvalue weighted by atomic mass is 9.82. The number of nitrogens with one attached hydrogen (secondary N) is 1. The summed E-state index contributed by atoms with van der Waals surface area (Å²) in [4.78, 5) is 24.6. The third-order valence-electron chi connectivity index (χ3n) is 3.81. The third-order valence-corrected chi connectivity index (χ3v) is 3.81. The number of aliphatic hydroxyl groups excluding tert-OH is 1. The zero-order chi connectivity index (χ0) is 18.5. The molecule has 1 amide bonds. The molecule has 1 fully saturated rings. The molecule has 0 spiro atoms. The summed E-state index contributed by atoms with van der Waals surface area (Å²) in [6.07, 6.45) is 3.16. The van der Waals surface area contributed by atoms with Gasteiger partial charge in [-0.15, -0.1) is 0 Å². The summed E-state index contributed by atoms with van der Waals surface area (Å²) in [5.41, 5.74) is -1.38. The van der Waals surface area contributed by atoms with Crippen molar-refractivity contribution >= 4 is 12.1 Å². The number of carbonyl (C=O) groups excluding carboxylic acids is 2. The Morgan fingerprint density at radius 1 is 0.958 bits per heavy atom. The van der Waals surface area contributed by atoms with E-state index in [1.54, 1.807) is 41.5 Å². The Hall–Kier alpha value is -1.30. The van der Waals surface area contributed by atoms with E-state index in [2.05, 4.69) is 5.32 Å². The number of hydrogen-bond acceptors (Lipinski definition) is 5. The van der Waals surface area contributed by atoms with Gasteiger partial charge >= 0.3 is 12.1 Å². The van der Waals surface area contributed by atoms with Crippen LogP contribution in [0.15, 0.2) is 0 Å². The van der Waals surface area contributed by atoms with E-state index in [4.69, 9.17) is 9.47 Å². The van der Waals surface area contributed by atoms with Gasteiger partial charge in [-0.3, -0.25) is 0 Å². The molecular weight excluding hydrogens is 310 g/mol. The van der Waals surface area contributed by atoms with E-state index in [-0.39, 0.29) is 5.92 Å². The average molecular weight is 343 g/mol. The molecule has 6 heteroatoms. The molecule has 1 aliphatic carbocycles. The Kier molecular flexibility index (Phi) is 7.08. The highest BCUT2D eigenvalue weighted by atomic mass is 16.6. The van der Waals surface area contributed by atoms with Crippen LogP contribution in [-0.4, -0.2) is 40.5 Å². The van der Waals surface area contributed by atoms with E-state index in [0.717, 1.165) is 32.1 Å². The topological polar surface area (TPSA) is 84.9 Å². The van der Waals surface area contributed by atoms with E-state index in [9.17, 15) is 14.7 Å². The summed E-state index contributed by atoms with van der Waals surface area (Å²) in [5.74, 6) is -0.655. The van der Waals surface area contributed by atoms with Crippen LogP contribution in [0.4, 0.5) is 4.79 Å². The number of hydrogen-bond donors (Lipinski definition) is 2. The van der Waals surface area contributed by atoms with Crippen molar-refractivity contribution in [2.45, 2.75) is 97.0 Å². The quantitative estimate of drug-likeness (QED) is 0.766. The van der Waals surface area contributed by atoms with Crippen molar-refractivity contribution in [3.63, 3.8) is 0 Å². The predicted molar refractivity (Wildman–Crippen MR) is 91.6 cm³/mol. The highest BCUT2D eigenvalue weighted by molar-refractivity contribution is 5.82. The molecule has 0 aromatic heterocycles. The molecule has 2 unspecified atom stereocenters. The van der Waals surface area contributed by atoms with Crippen LogP contribution in [0.3, 0.4) is 0 Å². The minimum absolute atomic E-state index is 0.0220. The number of amides is 1. The molecule has 0 bridgehead atoms. The van der Waals surface area contributed by atoms with E-state index >= 15 is 0 Å². The predicted octanol–water partition coefficient (Wildman–Crippen LogP) is 3.16. The maximum atomic E-state index is 12.5. The molecule has 0 aromatic carbocycles. The normalized spacial score (nSPS) is 19.3. The summed E-state index contributed by atoms with van der Waals surface area (Å²) in [6.45, 7) is 10.5. The molecule has 0 saturated heterocycles. The Labute approximate surface area is 145 Å². The number of carbonyl (C=O) groups is 2. The van der Waals surface area contributed by atoms with E-state index in [0.29, 0.717) is 0 Å². The van der Waals surface area contributed by atoms with Crippen LogP contribution >= 0.6 is 0 Å². The fraction of sp³-hybridized carbons (Fsp3) is 0.889. The Bertz CT molecular complexity index is 430. The van der Waals surface area contributed by atoms with Gasteiger partial charge in [0, 0.05) is 0 Å². The minimum atomic E-state index is -1.12. The highest BCUT2D eigenvalue weighted by Gasteiger charge is 2.38. The fourth-order valence-corrected chi connectivity index (χ4v) is 2.83. The Morgan fingerprint density at radius 3 is 1.92 bits per heavy atom. The van der Waals surface area contributed by atoms with Gasteiger partial charge in [-0.05, 0) is 60.3 Å². The summed E-state index contributed by atoms with van der Waals surface area (Å²) < 4.78 is 10.6. The van der Waals surface area contributed by atoms with Gasteiger partial charge in [0.2, 0.25) is 0 Å². The number of aliphatic hydroxyl groups is 1. The monoisotopic (exact) mass is 343 g/mol. The summed E-state index contributed by atoms with van der Waals surface area (Å²) in [7, 11) is 0. The van der Waals surface area contributed by atoms with Gasteiger partial charge in [0.25, 0.3) is 0 Å². The first-order chi connectivity index (χ1) is 10.9. The van der Waals surface area contributed by atoms with Crippen LogP contribution in [0, 0.1) is 5.92 Å². The zero-order valence-electron chi connectivity index (χ0n) is 15.8. The van der Waals surface area contributed by atoms with Crippen molar-refractivity contribution < 1.29 is 24.2 Å². The molecule has 2 atom stereocenters. The first-order valence-corrected chi connectivity index (χ1v) is 8.79. The summed E-state index contributed by atoms with van der Waals surface area (Å²) in [6, 6.07) is -1.12.